The molecule has 0 atom stereocenters. The van der Waals surface area contributed by atoms with Crippen molar-refractivity contribution in [2.45, 2.75) is 6.61 Å². The van der Waals surface area contributed by atoms with Crippen molar-refractivity contribution in [2.75, 3.05) is 12.3 Å². The van der Waals surface area contributed by atoms with Gasteiger partial charge in [-0.1, -0.05) is 12.2 Å². The van der Waals surface area contributed by atoms with Crippen molar-refractivity contribution in [3.05, 3.63) is 29.5 Å². The number of hydrogen-bond acceptors (Lipinski definition) is 4. The highest BCUT2D eigenvalue weighted by molar-refractivity contribution is 5.53. The largest absolute Gasteiger partial charge is 0.392 e. The predicted octanol–water partition coefficient (Wildman–Crippen LogP) is 0.162. The molecule has 0 amide bonds. The number of nitrogen functional groups attached to an aromatic ring is 1. The van der Waals surface area contributed by atoms with Gasteiger partial charge in [-0.15, -0.1) is 0 Å². The van der Waals surface area contributed by atoms with E-state index in [9.17, 15) is 0 Å². The number of aromatic nitrogens is 1. The first kappa shape index (κ1) is 9.70. The molecule has 1 rings (SSSR count). The Morgan fingerprint density at radius 2 is 2.23 bits per heavy atom. The van der Waals surface area contributed by atoms with Gasteiger partial charge in [0.25, 0.3) is 0 Å². The summed E-state index contributed by atoms with van der Waals surface area (Å²) < 4.78 is 0. The Kier molecular flexibility index (Phi) is 3.42. The van der Waals surface area contributed by atoms with Gasteiger partial charge in [-0.3, -0.25) is 0 Å². The van der Waals surface area contributed by atoms with Crippen LogP contribution in [0.25, 0.3) is 6.08 Å². The van der Waals surface area contributed by atoms with Gasteiger partial charge in [0.15, 0.2) is 0 Å². The van der Waals surface area contributed by atoms with E-state index in [0.717, 1.165) is 5.56 Å². The molecule has 4 nitrogen and oxygen atoms in total. The molecule has 0 saturated heterocycles. The van der Waals surface area contributed by atoms with E-state index >= 15 is 0 Å². The number of aliphatic hydroxyl groups is 2. The van der Waals surface area contributed by atoms with Gasteiger partial charge in [0.05, 0.1) is 13.2 Å². The molecule has 0 unspecified atom stereocenters. The van der Waals surface area contributed by atoms with E-state index in [1.807, 2.05) is 0 Å². The topological polar surface area (TPSA) is 79.4 Å². The summed E-state index contributed by atoms with van der Waals surface area (Å²) in [5.41, 5.74) is 6.89. The maximum absolute atomic E-state index is 8.87. The predicted molar refractivity (Wildman–Crippen MR) is 50.7 cm³/mol. The van der Waals surface area contributed by atoms with E-state index in [-0.39, 0.29) is 13.2 Å². The molecule has 0 saturated carbocycles. The zero-order valence-corrected chi connectivity index (χ0v) is 7.14. The minimum Gasteiger partial charge on any atom is -0.392 e. The molecule has 0 radical (unpaired) electrons. The van der Waals surface area contributed by atoms with Crippen molar-refractivity contribution in [1.82, 2.24) is 4.98 Å². The van der Waals surface area contributed by atoms with Crippen LogP contribution in [0.15, 0.2) is 18.3 Å². The van der Waals surface area contributed by atoms with Gasteiger partial charge in [0.2, 0.25) is 0 Å². The molecule has 0 aliphatic carbocycles. The Bertz CT molecular complexity index is 310. The Morgan fingerprint density at radius 3 is 2.85 bits per heavy atom. The second kappa shape index (κ2) is 4.59. The Balaban J connectivity index is 2.92. The van der Waals surface area contributed by atoms with E-state index in [2.05, 4.69) is 4.98 Å². The van der Waals surface area contributed by atoms with Gasteiger partial charge in [-0.2, -0.15) is 0 Å². The van der Waals surface area contributed by atoms with Crippen molar-refractivity contribution in [2.24, 2.45) is 0 Å². The van der Waals surface area contributed by atoms with Crippen LogP contribution < -0.4 is 5.73 Å². The van der Waals surface area contributed by atoms with Crippen LogP contribution >= 0.6 is 0 Å². The first-order chi connectivity index (χ1) is 6.27. The quantitative estimate of drug-likeness (QED) is 0.619. The second-order valence-corrected chi connectivity index (χ2v) is 2.56. The average Bonchev–Trinajstić information content (AvgIpc) is 2.16. The highest BCUT2D eigenvalue weighted by Gasteiger charge is 1.98. The Morgan fingerprint density at radius 1 is 1.46 bits per heavy atom. The van der Waals surface area contributed by atoms with Gasteiger partial charge in [-0.25, -0.2) is 4.98 Å². The molecule has 1 aromatic rings. The van der Waals surface area contributed by atoms with E-state index in [4.69, 9.17) is 15.9 Å². The Labute approximate surface area is 76.3 Å². The maximum Gasteiger partial charge on any atom is 0.128 e. The van der Waals surface area contributed by atoms with Crippen molar-refractivity contribution in [3.8, 4) is 0 Å². The Hall–Kier alpha value is -1.39. The van der Waals surface area contributed by atoms with Crippen LogP contribution in [0.4, 0.5) is 5.82 Å². The molecule has 1 heterocycles. The van der Waals surface area contributed by atoms with Crippen LogP contribution in [0.2, 0.25) is 0 Å². The third-order valence-electron chi connectivity index (χ3n) is 1.61. The molecule has 0 aliphatic rings. The minimum absolute atomic E-state index is 0.0150. The lowest BCUT2D eigenvalue weighted by Crippen LogP contribution is -1.97. The van der Waals surface area contributed by atoms with E-state index in [0.29, 0.717) is 11.4 Å². The van der Waals surface area contributed by atoms with Crippen molar-refractivity contribution in [1.29, 1.82) is 0 Å². The second-order valence-electron chi connectivity index (χ2n) is 2.56. The first-order valence-corrected chi connectivity index (χ1v) is 3.90. The first-order valence-electron chi connectivity index (χ1n) is 3.90. The third-order valence-corrected chi connectivity index (χ3v) is 1.61. The number of aliphatic hydroxyl groups excluding tert-OH is 2. The van der Waals surface area contributed by atoms with Crippen LogP contribution in [0.5, 0.6) is 0 Å². The minimum atomic E-state index is -0.125. The molecule has 0 aromatic carbocycles. The molecule has 4 heteroatoms. The van der Waals surface area contributed by atoms with Crippen LogP contribution in [0, 0.1) is 0 Å². The summed E-state index contributed by atoms with van der Waals surface area (Å²) in [6, 6.07) is 1.73. The van der Waals surface area contributed by atoms with Crippen LogP contribution in [-0.2, 0) is 6.61 Å². The van der Waals surface area contributed by atoms with Gasteiger partial charge >= 0.3 is 0 Å². The number of anilines is 1. The monoisotopic (exact) mass is 180 g/mol. The van der Waals surface area contributed by atoms with Gasteiger partial charge < -0.3 is 15.9 Å². The summed E-state index contributed by atoms with van der Waals surface area (Å²) >= 11 is 0. The lowest BCUT2D eigenvalue weighted by Gasteiger charge is -2.01. The summed E-state index contributed by atoms with van der Waals surface area (Å²) in [5.74, 6) is 0.337. The number of pyridine rings is 1. The van der Waals surface area contributed by atoms with E-state index < -0.39 is 0 Å². The molecule has 13 heavy (non-hydrogen) atoms. The number of nitrogens with two attached hydrogens (primary N) is 1. The zero-order valence-electron chi connectivity index (χ0n) is 7.14. The molecule has 4 N–H and O–H groups in total. The van der Waals surface area contributed by atoms with E-state index in [1.165, 1.54) is 0 Å². The molecule has 0 bridgehead atoms. The van der Waals surface area contributed by atoms with Gasteiger partial charge in [0, 0.05) is 11.8 Å². The fraction of sp³-hybridized carbons (Fsp3) is 0.222. The maximum atomic E-state index is 8.87. The van der Waals surface area contributed by atoms with Crippen molar-refractivity contribution >= 4 is 11.9 Å². The smallest absolute Gasteiger partial charge is 0.128 e. The van der Waals surface area contributed by atoms with Crippen LogP contribution in [0.1, 0.15) is 11.1 Å². The highest BCUT2D eigenvalue weighted by atomic mass is 16.3. The molecular formula is C9H12N2O2. The number of hydrogen-bond donors (Lipinski definition) is 3. The highest BCUT2D eigenvalue weighted by Crippen LogP contribution is 2.11. The average molecular weight is 180 g/mol. The number of rotatable bonds is 3. The normalized spacial score (nSPS) is 10.9. The molecule has 0 fully saturated rings. The summed E-state index contributed by atoms with van der Waals surface area (Å²) in [6.07, 6.45) is 4.89. The lowest BCUT2D eigenvalue weighted by atomic mass is 10.2. The fourth-order valence-corrected chi connectivity index (χ4v) is 0.946. The molecule has 0 spiro atoms. The SMILES string of the molecule is Nc1ncc(C=CCO)cc1CO. The van der Waals surface area contributed by atoms with Crippen LogP contribution in [0.3, 0.4) is 0 Å². The summed E-state index contributed by atoms with van der Waals surface area (Å²) in [4.78, 5) is 3.89. The third kappa shape index (κ3) is 2.54. The summed E-state index contributed by atoms with van der Waals surface area (Å²) in [6.45, 7) is -0.140. The molecule has 1 aromatic heterocycles. The van der Waals surface area contributed by atoms with Crippen molar-refractivity contribution < 1.29 is 10.2 Å². The lowest BCUT2D eigenvalue weighted by molar-refractivity contribution is 0.282. The van der Waals surface area contributed by atoms with Crippen molar-refractivity contribution in [3.63, 3.8) is 0 Å². The number of nitrogens with zero attached hydrogens (tertiary/aromatic N) is 1. The molecular weight excluding hydrogens is 168 g/mol. The molecule has 0 aliphatic heterocycles. The fourth-order valence-electron chi connectivity index (χ4n) is 0.946. The van der Waals surface area contributed by atoms with Crippen LogP contribution in [-0.4, -0.2) is 21.8 Å². The summed E-state index contributed by atoms with van der Waals surface area (Å²) in [7, 11) is 0. The van der Waals surface area contributed by atoms with E-state index in [1.54, 1.807) is 24.4 Å². The summed E-state index contributed by atoms with van der Waals surface area (Å²) in [5, 5.41) is 17.4. The molecule has 70 valence electrons. The van der Waals surface area contributed by atoms with Gasteiger partial charge in [-0.05, 0) is 11.6 Å². The van der Waals surface area contributed by atoms with Gasteiger partial charge in [0.1, 0.15) is 5.82 Å². The standard InChI is InChI=1S/C9H12N2O2/c10-9-8(6-13)4-7(5-11-9)2-1-3-12/h1-2,4-5,12-13H,3,6H2,(H2,10,11). The zero-order chi connectivity index (χ0) is 9.68.